The lowest BCUT2D eigenvalue weighted by Gasteiger charge is -2.22. The summed E-state index contributed by atoms with van der Waals surface area (Å²) in [7, 11) is 1.68. The molecule has 0 aliphatic rings. The van der Waals surface area contributed by atoms with Crippen LogP contribution in [0.3, 0.4) is 0 Å². The second kappa shape index (κ2) is 6.72. The number of hydrogen-bond acceptors (Lipinski definition) is 3. The number of fused-ring (bicyclic) bond motifs is 1. The zero-order chi connectivity index (χ0) is 17.1. The van der Waals surface area contributed by atoms with Crippen molar-refractivity contribution >= 4 is 16.9 Å². The first kappa shape index (κ1) is 16.0. The van der Waals surface area contributed by atoms with Gasteiger partial charge in [0, 0.05) is 25.7 Å². The van der Waals surface area contributed by atoms with Crippen molar-refractivity contribution in [3.05, 3.63) is 70.1 Å². The van der Waals surface area contributed by atoms with E-state index >= 15 is 0 Å². The van der Waals surface area contributed by atoms with Crippen molar-refractivity contribution in [2.75, 3.05) is 13.2 Å². The molecule has 0 spiro atoms. The minimum Gasteiger partial charge on any atom is -0.395 e. The molecule has 124 valence electrons. The molecule has 2 aromatic carbocycles. The quantitative estimate of drug-likeness (QED) is 0.746. The molecule has 0 saturated heterocycles. The number of aryl methyl sites for hydroxylation is 1. The summed E-state index contributed by atoms with van der Waals surface area (Å²) in [5, 5.41) is 9.28. The van der Waals surface area contributed by atoms with Gasteiger partial charge in [0.2, 0.25) is 0 Å². The van der Waals surface area contributed by atoms with Crippen LogP contribution in [0.15, 0.2) is 53.3 Å². The van der Waals surface area contributed by atoms with Crippen molar-refractivity contribution in [2.24, 2.45) is 7.05 Å². The highest BCUT2D eigenvalue weighted by molar-refractivity contribution is 5.97. The molecular weight excluding hydrogens is 306 g/mol. The van der Waals surface area contributed by atoms with Gasteiger partial charge in [-0.05, 0) is 23.8 Å². The molecule has 0 atom stereocenters. The van der Waals surface area contributed by atoms with E-state index in [1.165, 1.54) is 4.57 Å². The van der Waals surface area contributed by atoms with Crippen LogP contribution in [-0.2, 0) is 13.6 Å². The largest absolute Gasteiger partial charge is 0.395 e. The number of amides is 1. The molecule has 0 unspecified atom stereocenters. The Morgan fingerprint density at radius 2 is 1.96 bits per heavy atom. The summed E-state index contributed by atoms with van der Waals surface area (Å²) in [6.45, 7) is 0.559. The number of hydrogen-bond donors (Lipinski definition) is 2. The van der Waals surface area contributed by atoms with Gasteiger partial charge in [-0.25, -0.2) is 4.79 Å². The van der Waals surface area contributed by atoms with Crippen LogP contribution in [0.1, 0.15) is 15.9 Å². The lowest BCUT2D eigenvalue weighted by Crippen LogP contribution is -2.33. The molecule has 0 aliphatic carbocycles. The Morgan fingerprint density at radius 1 is 1.21 bits per heavy atom. The molecule has 6 heteroatoms. The summed E-state index contributed by atoms with van der Waals surface area (Å²) in [5.74, 6) is -0.181. The summed E-state index contributed by atoms with van der Waals surface area (Å²) < 4.78 is 1.50. The molecular formula is C18H19N3O3. The van der Waals surface area contributed by atoms with Gasteiger partial charge in [-0.2, -0.15) is 0 Å². The molecule has 24 heavy (non-hydrogen) atoms. The first-order valence-corrected chi connectivity index (χ1v) is 7.73. The first-order chi connectivity index (χ1) is 11.6. The Labute approximate surface area is 139 Å². The highest BCUT2D eigenvalue weighted by Crippen LogP contribution is 2.15. The molecule has 0 saturated carbocycles. The minimum atomic E-state index is -0.217. The summed E-state index contributed by atoms with van der Waals surface area (Å²) in [5.41, 5.74) is 2.62. The van der Waals surface area contributed by atoms with E-state index in [2.05, 4.69) is 4.98 Å². The Morgan fingerprint density at radius 3 is 2.67 bits per heavy atom. The molecule has 1 aromatic heterocycles. The number of aliphatic hydroxyl groups is 1. The number of rotatable bonds is 5. The average molecular weight is 325 g/mol. The number of H-pyrrole nitrogens is 1. The predicted molar refractivity (Wildman–Crippen MR) is 91.8 cm³/mol. The standard InChI is InChI=1S/C18H19N3O3/c1-20-16-8-7-14(11-15(16)19-18(20)24)17(23)21(9-10-22)12-13-5-3-2-4-6-13/h2-8,11,22H,9-10,12H2,1H3,(H,19,24). The molecule has 2 N–H and O–H groups in total. The van der Waals surface area contributed by atoms with Crippen molar-refractivity contribution in [2.45, 2.75) is 6.54 Å². The van der Waals surface area contributed by atoms with E-state index < -0.39 is 0 Å². The van der Waals surface area contributed by atoms with E-state index in [1.54, 1.807) is 30.1 Å². The number of imidazole rings is 1. The monoisotopic (exact) mass is 325 g/mol. The van der Waals surface area contributed by atoms with Crippen molar-refractivity contribution in [3.63, 3.8) is 0 Å². The van der Waals surface area contributed by atoms with E-state index in [1.807, 2.05) is 30.3 Å². The molecule has 0 fully saturated rings. The third-order valence-electron chi connectivity index (χ3n) is 4.02. The van der Waals surface area contributed by atoms with Gasteiger partial charge in [-0.15, -0.1) is 0 Å². The number of benzene rings is 2. The third kappa shape index (κ3) is 3.09. The van der Waals surface area contributed by atoms with Crippen LogP contribution in [0.4, 0.5) is 0 Å². The van der Waals surface area contributed by atoms with E-state index in [0.717, 1.165) is 11.1 Å². The number of nitrogens with one attached hydrogen (secondary N) is 1. The molecule has 1 amide bonds. The smallest absolute Gasteiger partial charge is 0.326 e. The van der Waals surface area contributed by atoms with Gasteiger partial charge >= 0.3 is 5.69 Å². The summed E-state index contributed by atoms with van der Waals surface area (Å²) in [6, 6.07) is 14.8. The SMILES string of the molecule is Cn1c(=O)[nH]c2cc(C(=O)N(CCO)Cc3ccccc3)ccc21. The van der Waals surface area contributed by atoms with Gasteiger partial charge in [-0.1, -0.05) is 30.3 Å². The lowest BCUT2D eigenvalue weighted by molar-refractivity contribution is 0.0708. The summed E-state index contributed by atoms with van der Waals surface area (Å²) in [4.78, 5) is 28.8. The Balaban J connectivity index is 1.90. The zero-order valence-corrected chi connectivity index (χ0v) is 13.4. The predicted octanol–water partition coefficient (Wildman–Crippen LogP) is 1.50. The van der Waals surface area contributed by atoms with Gasteiger partial charge < -0.3 is 15.0 Å². The molecule has 1 heterocycles. The van der Waals surface area contributed by atoms with Crippen LogP contribution < -0.4 is 5.69 Å². The highest BCUT2D eigenvalue weighted by Gasteiger charge is 2.17. The van der Waals surface area contributed by atoms with Gasteiger partial charge in [0.25, 0.3) is 5.91 Å². The maximum atomic E-state index is 12.8. The first-order valence-electron chi connectivity index (χ1n) is 7.73. The van der Waals surface area contributed by atoms with Gasteiger partial charge in [0.15, 0.2) is 0 Å². The average Bonchev–Trinajstić information content (AvgIpc) is 2.88. The molecule has 3 aromatic rings. The Bertz CT molecular complexity index is 912. The fraction of sp³-hybridized carbons (Fsp3) is 0.222. The summed E-state index contributed by atoms with van der Waals surface area (Å²) in [6.07, 6.45) is 0. The van der Waals surface area contributed by atoms with Gasteiger partial charge in [0.05, 0.1) is 17.6 Å². The van der Waals surface area contributed by atoms with E-state index in [-0.39, 0.29) is 24.7 Å². The Kier molecular flexibility index (Phi) is 4.48. The van der Waals surface area contributed by atoms with Crippen LogP contribution in [0, 0.1) is 0 Å². The van der Waals surface area contributed by atoms with Gasteiger partial charge in [-0.3, -0.25) is 9.36 Å². The van der Waals surface area contributed by atoms with Crippen LogP contribution >= 0.6 is 0 Å². The fourth-order valence-corrected chi connectivity index (χ4v) is 2.73. The number of carbonyl (C=O) groups is 1. The number of aliphatic hydroxyl groups excluding tert-OH is 1. The normalized spacial score (nSPS) is 10.9. The number of nitrogens with zero attached hydrogens (tertiary/aromatic N) is 2. The molecule has 0 aliphatic heterocycles. The maximum Gasteiger partial charge on any atom is 0.326 e. The van der Waals surface area contributed by atoms with Crippen molar-refractivity contribution < 1.29 is 9.90 Å². The lowest BCUT2D eigenvalue weighted by atomic mass is 10.1. The molecule has 6 nitrogen and oxygen atoms in total. The molecule has 0 bridgehead atoms. The summed E-state index contributed by atoms with van der Waals surface area (Å²) >= 11 is 0. The van der Waals surface area contributed by atoms with Crippen LogP contribution in [0.25, 0.3) is 11.0 Å². The topological polar surface area (TPSA) is 78.3 Å². The van der Waals surface area contributed by atoms with E-state index in [0.29, 0.717) is 17.6 Å². The van der Waals surface area contributed by atoms with E-state index in [9.17, 15) is 14.7 Å². The highest BCUT2D eigenvalue weighted by atomic mass is 16.3. The molecule has 3 rings (SSSR count). The fourth-order valence-electron chi connectivity index (χ4n) is 2.73. The third-order valence-corrected chi connectivity index (χ3v) is 4.02. The van der Waals surface area contributed by atoms with Crippen LogP contribution in [0.2, 0.25) is 0 Å². The van der Waals surface area contributed by atoms with Crippen molar-refractivity contribution in [3.8, 4) is 0 Å². The number of aromatic nitrogens is 2. The number of aromatic amines is 1. The maximum absolute atomic E-state index is 12.8. The van der Waals surface area contributed by atoms with Crippen LogP contribution in [-0.4, -0.2) is 38.6 Å². The zero-order valence-electron chi connectivity index (χ0n) is 13.4. The number of carbonyl (C=O) groups excluding carboxylic acids is 1. The Hall–Kier alpha value is -2.86. The molecule has 0 radical (unpaired) electrons. The van der Waals surface area contributed by atoms with Crippen molar-refractivity contribution in [1.82, 2.24) is 14.5 Å². The minimum absolute atomic E-state index is 0.108. The second-order valence-electron chi connectivity index (χ2n) is 5.66. The van der Waals surface area contributed by atoms with E-state index in [4.69, 9.17) is 0 Å². The second-order valence-corrected chi connectivity index (χ2v) is 5.66. The van der Waals surface area contributed by atoms with Gasteiger partial charge in [0.1, 0.15) is 0 Å². The van der Waals surface area contributed by atoms with Crippen molar-refractivity contribution in [1.29, 1.82) is 0 Å². The van der Waals surface area contributed by atoms with Crippen LogP contribution in [0.5, 0.6) is 0 Å².